The fraction of sp³-hybridized carbons (Fsp3) is 0.148. The molecule has 0 bridgehead atoms. The van der Waals surface area contributed by atoms with E-state index < -0.39 is 7.92 Å². The molecule has 2 atom stereocenters. The highest BCUT2D eigenvalue weighted by molar-refractivity contribution is 7.76. The zero-order valence-electron chi connectivity index (χ0n) is 17.3. The van der Waals surface area contributed by atoms with E-state index in [0.29, 0.717) is 5.92 Å². The van der Waals surface area contributed by atoms with E-state index in [-0.39, 0.29) is 6.04 Å². The molecule has 1 aliphatic carbocycles. The maximum atomic E-state index is 5.33. The van der Waals surface area contributed by atoms with Gasteiger partial charge in [0.15, 0.2) is 0 Å². The van der Waals surface area contributed by atoms with Gasteiger partial charge in [-0.1, -0.05) is 91.0 Å². The van der Waals surface area contributed by atoms with E-state index in [9.17, 15) is 0 Å². The molecule has 0 radical (unpaired) electrons. The van der Waals surface area contributed by atoms with Crippen molar-refractivity contribution in [2.75, 3.05) is 7.11 Å². The predicted octanol–water partition coefficient (Wildman–Crippen LogP) is 5.71. The molecule has 0 saturated carbocycles. The molecule has 0 fully saturated rings. The maximum absolute atomic E-state index is 5.33. The number of allylic oxidation sites excluding steroid dienone is 2. The van der Waals surface area contributed by atoms with Crippen molar-refractivity contribution < 1.29 is 4.74 Å². The highest BCUT2D eigenvalue weighted by Crippen LogP contribution is 2.50. The highest BCUT2D eigenvalue weighted by atomic mass is 31.1. The Morgan fingerprint density at radius 3 is 2.20 bits per heavy atom. The largest absolute Gasteiger partial charge is 0.497 e. The summed E-state index contributed by atoms with van der Waals surface area (Å²) in [6, 6.07) is 29.9. The number of hydrogen-bond acceptors (Lipinski definition) is 2. The van der Waals surface area contributed by atoms with E-state index in [1.54, 1.807) is 7.11 Å². The van der Waals surface area contributed by atoms with Gasteiger partial charge in [-0.2, -0.15) is 0 Å². The minimum absolute atomic E-state index is 0.152. The van der Waals surface area contributed by atoms with Gasteiger partial charge < -0.3 is 4.74 Å². The summed E-state index contributed by atoms with van der Waals surface area (Å²) in [5.41, 5.74) is 1.06. The van der Waals surface area contributed by atoms with Crippen LogP contribution in [-0.4, -0.2) is 19.4 Å². The van der Waals surface area contributed by atoms with Gasteiger partial charge in [0.1, 0.15) is 5.75 Å². The van der Waals surface area contributed by atoms with Gasteiger partial charge in [-0.25, -0.2) is 0 Å². The Bertz CT molecular complexity index is 1020. The van der Waals surface area contributed by atoms with Crippen molar-refractivity contribution in [2.45, 2.75) is 13.0 Å². The third-order valence-corrected chi connectivity index (χ3v) is 7.88. The van der Waals surface area contributed by atoms with Crippen molar-refractivity contribution in [3.8, 4) is 5.75 Å². The van der Waals surface area contributed by atoms with E-state index in [1.165, 1.54) is 15.9 Å². The lowest BCUT2D eigenvalue weighted by Crippen LogP contribution is -2.20. The fourth-order valence-electron chi connectivity index (χ4n) is 3.73. The summed E-state index contributed by atoms with van der Waals surface area (Å²) >= 11 is 0. The first-order valence-corrected chi connectivity index (χ1v) is 11.6. The maximum Gasteiger partial charge on any atom is 0.119 e. The topological polar surface area (TPSA) is 21.6 Å². The second kappa shape index (κ2) is 9.69. The molecule has 0 aliphatic heterocycles. The number of hydrogen-bond donors (Lipinski definition) is 0. The standard InChI is InChI=1S/C27H26NOP/c1-21(28-20-22-11-9-12-23(19-22)29-2)26-17-10-18-27(26)30(24-13-5-3-6-14-24)25-15-7-4-8-16-25/h3-21,26H,1-2H3/t21-,26?/m1/s1. The Labute approximate surface area is 180 Å². The molecule has 30 heavy (non-hydrogen) atoms. The van der Waals surface area contributed by atoms with E-state index in [1.807, 2.05) is 24.4 Å². The average Bonchev–Trinajstić information content (AvgIpc) is 3.29. The van der Waals surface area contributed by atoms with Crippen LogP contribution in [0.5, 0.6) is 5.75 Å². The first-order valence-electron chi connectivity index (χ1n) is 10.2. The summed E-state index contributed by atoms with van der Waals surface area (Å²) in [4.78, 5) is 4.91. The van der Waals surface area contributed by atoms with Crippen molar-refractivity contribution in [1.82, 2.24) is 0 Å². The van der Waals surface area contributed by atoms with Gasteiger partial charge in [-0.15, -0.1) is 0 Å². The van der Waals surface area contributed by atoms with Crippen LogP contribution in [0.3, 0.4) is 0 Å². The number of benzene rings is 3. The zero-order valence-corrected chi connectivity index (χ0v) is 18.2. The van der Waals surface area contributed by atoms with Crippen molar-refractivity contribution >= 4 is 24.7 Å². The summed E-state index contributed by atoms with van der Waals surface area (Å²) in [7, 11) is 1.10. The first-order chi connectivity index (χ1) is 14.8. The molecule has 150 valence electrons. The van der Waals surface area contributed by atoms with E-state index in [4.69, 9.17) is 9.73 Å². The minimum atomic E-state index is -0.592. The Morgan fingerprint density at radius 1 is 0.900 bits per heavy atom. The predicted molar refractivity (Wildman–Crippen MR) is 130 cm³/mol. The third-order valence-electron chi connectivity index (χ3n) is 5.29. The van der Waals surface area contributed by atoms with Gasteiger partial charge in [0, 0.05) is 12.1 Å². The Kier molecular flexibility index (Phi) is 6.57. The van der Waals surface area contributed by atoms with Crippen LogP contribution >= 0.6 is 7.92 Å². The number of aliphatic imine (C=N–C) groups is 1. The lowest BCUT2D eigenvalue weighted by Gasteiger charge is -2.27. The molecule has 0 aromatic heterocycles. The summed E-state index contributed by atoms with van der Waals surface area (Å²) in [6.07, 6.45) is 8.75. The SMILES string of the molecule is COc1cccc(C=N[C@H](C)C2C=CC=C2P(c2ccccc2)c2ccccc2)c1. The molecule has 3 aromatic carbocycles. The molecule has 0 amide bonds. The zero-order chi connectivity index (χ0) is 20.8. The van der Waals surface area contributed by atoms with Crippen LogP contribution in [0.1, 0.15) is 12.5 Å². The summed E-state index contributed by atoms with van der Waals surface area (Å²) in [5.74, 6) is 1.14. The van der Waals surface area contributed by atoms with Crippen LogP contribution in [0.15, 0.2) is 113 Å². The number of methoxy groups -OCH3 is 1. The smallest absolute Gasteiger partial charge is 0.119 e. The van der Waals surface area contributed by atoms with Crippen LogP contribution in [0.2, 0.25) is 0 Å². The lowest BCUT2D eigenvalue weighted by molar-refractivity contribution is 0.414. The monoisotopic (exact) mass is 411 g/mol. The van der Waals surface area contributed by atoms with E-state index in [2.05, 4.69) is 91.9 Å². The van der Waals surface area contributed by atoms with E-state index >= 15 is 0 Å². The number of nitrogens with zero attached hydrogens (tertiary/aromatic N) is 1. The van der Waals surface area contributed by atoms with Gasteiger partial charge in [-0.05, 0) is 48.5 Å². The summed E-state index contributed by atoms with van der Waals surface area (Å²) < 4.78 is 5.33. The van der Waals surface area contributed by atoms with Gasteiger partial charge in [0.05, 0.1) is 13.2 Å². The van der Waals surface area contributed by atoms with Gasteiger partial charge >= 0.3 is 0 Å². The minimum Gasteiger partial charge on any atom is -0.497 e. The van der Waals surface area contributed by atoms with Crippen molar-refractivity contribution in [3.05, 3.63) is 114 Å². The lowest BCUT2D eigenvalue weighted by atomic mass is 10.0. The van der Waals surface area contributed by atoms with Crippen LogP contribution < -0.4 is 15.3 Å². The van der Waals surface area contributed by atoms with Gasteiger partial charge in [-0.3, -0.25) is 4.99 Å². The van der Waals surface area contributed by atoms with Gasteiger partial charge in [0.25, 0.3) is 0 Å². The molecule has 0 saturated heterocycles. The average molecular weight is 411 g/mol. The molecule has 2 nitrogen and oxygen atoms in total. The molecule has 1 unspecified atom stereocenters. The van der Waals surface area contributed by atoms with Crippen LogP contribution in [-0.2, 0) is 0 Å². The van der Waals surface area contributed by atoms with Gasteiger partial charge in [0.2, 0.25) is 0 Å². The Hall–Kier alpha value is -2.96. The Morgan fingerprint density at radius 2 is 1.57 bits per heavy atom. The molecule has 3 aromatic rings. The molecule has 0 heterocycles. The fourth-order valence-corrected chi connectivity index (χ4v) is 6.40. The quantitative estimate of drug-likeness (QED) is 0.361. The molecule has 3 heteroatoms. The number of rotatable bonds is 7. The van der Waals surface area contributed by atoms with Crippen molar-refractivity contribution in [3.63, 3.8) is 0 Å². The third kappa shape index (κ3) is 4.61. The molecule has 0 spiro atoms. The van der Waals surface area contributed by atoms with Crippen molar-refractivity contribution in [2.24, 2.45) is 10.9 Å². The van der Waals surface area contributed by atoms with Crippen molar-refractivity contribution in [1.29, 1.82) is 0 Å². The van der Waals surface area contributed by atoms with Crippen LogP contribution in [0.4, 0.5) is 0 Å². The van der Waals surface area contributed by atoms with Crippen LogP contribution in [0.25, 0.3) is 0 Å². The molecule has 0 N–H and O–H groups in total. The second-order valence-corrected chi connectivity index (χ2v) is 9.52. The molecule has 1 aliphatic rings. The summed E-state index contributed by atoms with van der Waals surface area (Å²) in [6.45, 7) is 2.20. The normalized spacial score (nSPS) is 16.8. The number of ether oxygens (including phenoxy) is 1. The molecular weight excluding hydrogens is 385 g/mol. The second-order valence-electron chi connectivity index (χ2n) is 7.30. The van der Waals surface area contributed by atoms with Crippen LogP contribution in [0, 0.1) is 5.92 Å². The first kappa shape index (κ1) is 20.3. The molecule has 4 rings (SSSR count). The highest BCUT2D eigenvalue weighted by Gasteiger charge is 2.29. The van der Waals surface area contributed by atoms with E-state index in [0.717, 1.165) is 11.3 Å². The Balaban J connectivity index is 1.61. The summed E-state index contributed by atoms with van der Waals surface area (Å²) in [5, 5.41) is 4.21. The molecular formula is C27H26NOP.